The van der Waals surface area contributed by atoms with Crippen LogP contribution < -0.4 is 5.32 Å². The van der Waals surface area contributed by atoms with Crippen molar-refractivity contribution in [3.05, 3.63) is 47.1 Å². The number of allylic oxidation sites excluding steroid dienone is 1. The smallest absolute Gasteiger partial charge is 0.246 e. The van der Waals surface area contributed by atoms with Crippen molar-refractivity contribution in [1.29, 1.82) is 0 Å². The van der Waals surface area contributed by atoms with Crippen molar-refractivity contribution >= 4 is 34.3 Å². The predicted octanol–water partition coefficient (Wildman–Crippen LogP) is 2.29. The predicted molar refractivity (Wildman–Crippen MR) is 108 cm³/mol. The van der Waals surface area contributed by atoms with Gasteiger partial charge in [-0.05, 0) is 24.1 Å². The molecule has 2 aromatic rings. The Balaban J connectivity index is 1.75. The normalized spacial score (nSPS) is 25.1. The molecule has 148 valence electrons. The first kappa shape index (κ1) is 19.0. The first-order valence-electron chi connectivity index (χ1n) is 9.46. The Morgan fingerprint density at radius 3 is 2.86 bits per heavy atom. The van der Waals surface area contributed by atoms with E-state index in [-0.39, 0.29) is 17.2 Å². The maximum atomic E-state index is 13.0. The number of hydrogen-bond donors (Lipinski definition) is 3. The van der Waals surface area contributed by atoms with Crippen LogP contribution in [0.3, 0.4) is 0 Å². The second-order valence-corrected chi connectivity index (χ2v) is 8.63. The third-order valence-electron chi connectivity index (χ3n) is 5.96. The first-order chi connectivity index (χ1) is 13.2. The lowest BCUT2D eigenvalue weighted by Gasteiger charge is -2.35. The first-order valence-corrected chi connectivity index (χ1v) is 9.84. The van der Waals surface area contributed by atoms with E-state index in [0.29, 0.717) is 24.4 Å². The molecule has 3 atom stereocenters. The minimum atomic E-state index is -0.796. The zero-order chi connectivity index (χ0) is 20.2. The Bertz CT molecular complexity index is 981. The molecule has 1 aromatic carbocycles. The van der Waals surface area contributed by atoms with Gasteiger partial charge in [0, 0.05) is 40.0 Å². The lowest BCUT2D eigenvalue weighted by atomic mass is 9.84. The SMILES string of the molecule is C=CC(C)(C)c1[nH]c2cc(Cl)ccc2c1CC1NC(=O)[C@@H]2[C@H](O)CCN2C1=O. The Kier molecular flexibility index (Phi) is 4.51. The van der Waals surface area contributed by atoms with Gasteiger partial charge in [-0.25, -0.2) is 0 Å². The van der Waals surface area contributed by atoms with E-state index in [4.69, 9.17) is 11.6 Å². The minimum Gasteiger partial charge on any atom is -0.390 e. The molecule has 2 aliphatic rings. The highest BCUT2D eigenvalue weighted by molar-refractivity contribution is 6.31. The summed E-state index contributed by atoms with van der Waals surface area (Å²) < 4.78 is 0. The zero-order valence-electron chi connectivity index (χ0n) is 16.0. The van der Waals surface area contributed by atoms with E-state index in [0.717, 1.165) is 22.2 Å². The average Bonchev–Trinajstić information content (AvgIpc) is 3.21. The van der Waals surface area contributed by atoms with Crippen molar-refractivity contribution in [2.75, 3.05) is 6.54 Å². The summed E-state index contributed by atoms with van der Waals surface area (Å²) in [5.74, 6) is -0.436. The number of nitrogens with one attached hydrogen (secondary N) is 2. The Morgan fingerprint density at radius 1 is 1.39 bits per heavy atom. The fraction of sp³-hybridized carbons (Fsp3) is 0.429. The molecule has 0 saturated carbocycles. The van der Waals surface area contributed by atoms with Crippen molar-refractivity contribution < 1.29 is 14.7 Å². The summed E-state index contributed by atoms with van der Waals surface area (Å²) in [5.41, 5.74) is 2.45. The van der Waals surface area contributed by atoms with Gasteiger partial charge < -0.3 is 20.3 Å². The number of carbonyl (C=O) groups is 2. The molecular weight excluding hydrogens is 378 g/mol. The maximum absolute atomic E-state index is 13.0. The van der Waals surface area contributed by atoms with E-state index in [1.165, 1.54) is 4.90 Å². The minimum absolute atomic E-state index is 0.146. The van der Waals surface area contributed by atoms with Crippen LogP contribution in [0.2, 0.25) is 5.02 Å². The van der Waals surface area contributed by atoms with Crippen molar-refractivity contribution in [1.82, 2.24) is 15.2 Å². The fourth-order valence-electron chi connectivity index (χ4n) is 4.29. The maximum Gasteiger partial charge on any atom is 0.246 e. The lowest BCUT2D eigenvalue weighted by molar-refractivity contribution is -0.149. The summed E-state index contributed by atoms with van der Waals surface area (Å²) in [7, 11) is 0. The summed E-state index contributed by atoms with van der Waals surface area (Å²) >= 11 is 6.16. The van der Waals surface area contributed by atoms with E-state index >= 15 is 0 Å². The standard InChI is InChI=1S/C21H24ClN3O3/c1-4-21(2,3)18-13(12-6-5-11(22)9-14(12)23-18)10-15-20(28)25-8-7-16(26)17(25)19(27)24-15/h4-6,9,15-17,23,26H,1,7-8,10H2,2-3H3,(H,24,27)/t15?,16-,17+/m1/s1. The van der Waals surface area contributed by atoms with Gasteiger partial charge in [0.25, 0.3) is 0 Å². The average molecular weight is 402 g/mol. The van der Waals surface area contributed by atoms with Crippen LogP contribution in [0.1, 0.15) is 31.5 Å². The zero-order valence-corrected chi connectivity index (χ0v) is 16.7. The monoisotopic (exact) mass is 401 g/mol. The quantitative estimate of drug-likeness (QED) is 0.687. The third kappa shape index (κ3) is 2.91. The van der Waals surface area contributed by atoms with E-state index < -0.39 is 18.2 Å². The van der Waals surface area contributed by atoms with Crippen LogP contribution in [0.15, 0.2) is 30.9 Å². The number of halogens is 1. The molecular formula is C21H24ClN3O3. The van der Waals surface area contributed by atoms with E-state index in [9.17, 15) is 14.7 Å². The molecule has 0 spiro atoms. The van der Waals surface area contributed by atoms with Crippen molar-refractivity contribution in [2.45, 2.75) is 50.3 Å². The van der Waals surface area contributed by atoms with Gasteiger partial charge in [0.2, 0.25) is 11.8 Å². The number of aliphatic hydroxyl groups excluding tert-OH is 1. The highest BCUT2D eigenvalue weighted by Gasteiger charge is 2.48. The van der Waals surface area contributed by atoms with Crippen molar-refractivity contribution in [2.24, 2.45) is 0 Å². The fourth-order valence-corrected chi connectivity index (χ4v) is 4.47. The molecule has 2 fully saturated rings. The van der Waals surface area contributed by atoms with Crippen LogP contribution in [0.25, 0.3) is 10.9 Å². The Hall–Kier alpha value is -2.31. The second-order valence-electron chi connectivity index (χ2n) is 8.19. The summed E-state index contributed by atoms with van der Waals surface area (Å²) in [6, 6.07) is 4.18. The number of H-pyrrole nitrogens is 1. The van der Waals surface area contributed by atoms with Crippen LogP contribution >= 0.6 is 11.6 Å². The molecule has 0 radical (unpaired) electrons. The Morgan fingerprint density at radius 2 is 2.14 bits per heavy atom. The van der Waals surface area contributed by atoms with Gasteiger partial charge in [-0.3, -0.25) is 9.59 Å². The number of benzene rings is 1. The summed E-state index contributed by atoms with van der Waals surface area (Å²) in [4.78, 5) is 30.4. The van der Waals surface area contributed by atoms with Crippen LogP contribution in [0.4, 0.5) is 0 Å². The molecule has 3 heterocycles. The van der Waals surface area contributed by atoms with Crippen LogP contribution in [0.5, 0.6) is 0 Å². The summed E-state index contributed by atoms with van der Waals surface area (Å²) in [6.07, 6.45) is 1.85. The number of aromatic amines is 1. The molecule has 1 unspecified atom stereocenters. The van der Waals surface area contributed by atoms with E-state index in [1.54, 1.807) is 0 Å². The molecule has 2 saturated heterocycles. The van der Waals surface area contributed by atoms with Crippen LogP contribution in [-0.2, 0) is 21.4 Å². The van der Waals surface area contributed by atoms with Crippen LogP contribution in [-0.4, -0.2) is 51.5 Å². The number of nitrogens with zero attached hydrogens (tertiary/aromatic N) is 1. The molecule has 28 heavy (non-hydrogen) atoms. The number of piperazine rings is 1. The van der Waals surface area contributed by atoms with Gasteiger partial charge in [0.1, 0.15) is 12.1 Å². The molecule has 6 nitrogen and oxygen atoms in total. The van der Waals surface area contributed by atoms with Gasteiger partial charge in [-0.2, -0.15) is 0 Å². The number of amides is 2. The highest BCUT2D eigenvalue weighted by Crippen LogP contribution is 2.35. The molecule has 2 aliphatic heterocycles. The van der Waals surface area contributed by atoms with E-state index in [2.05, 4.69) is 16.9 Å². The number of fused-ring (bicyclic) bond motifs is 2. The molecule has 7 heteroatoms. The summed E-state index contributed by atoms with van der Waals surface area (Å²) in [6.45, 7) is 8.44. The molecule has 3 N–H and O–H groups in total. The van der Waals surface area contributed by atoms with Crippen molar-refractivity contribution in [3.8, 4) is 0 Å². The number of aliphatic hydroxyl groups is 1. The number of hydrogen-bond acceptors (Lipinski definition) is 3. The molecule has 0 bridgehead atoms. The molecule has 0 aliphatic carbocycles. The summed E-state index contributed by atoms with van der Waals surface area (Å²) in [5, 5.41) is 14.4. The Labute approximate surface area is 168 Å². The second kappa shape index (κ2) is 6.64. The van der Waals surface area contributed by atoms with E-state index in [1.807, 2.05) is 38.1 Å². The largest absolute Gasteiger partial charge is 0.390 e. The lowest BCUT2D eigenvalue weighted by Crippen LogP contribution is -2.63. The third-order valence-corrected chi connectivity index (χ3v) is 6.20. The van der Waals surface area contributed by atoms with Gasteiger partial charge in [-0.1, -0.05) is 37.6 Å². The highest BCUT2D eigenvalue weighted by atomic mass is 35.5. The van der Waals surface area contributed by atoms with Gasteiger partial charge in [-0.15, -0.1) is 6.58 Å². The molecule has 4 rings (SSSR count). The number of rotatable bonds is 4. The number of aromatic nitrogens is 1. The van der Waals surface area contributed by atoms with Gasteiger partial charge in [0.15, 0.2) is 0 Å². The molecule has 2 amide bonds. The van der Waals surface area contributed by atoms with Gasteiger partial charge >= 0.3 is 0 Å². The van der Waals surface area contributed by atoms with Crippen molar-refractivity contribution in [3.63, 3.8) is 0 Å². The molecule has 1 aromatic heterocycles. The topological polar surface area (TPSA) is 85.4 Å². The van der Waals surface area contributed by atoms with Crippen LogP contribution in [0, 0.1) is 0 Å². The van der Waals surface area contributed by atoms with Gasteiger partial charge in [0.05, 0.1) is 6.10 Å². The number of carbonyl (C=O) groups excluding carboxylic acids is 2.